The van der Waals surface area contributed by atoms with Crippen molar-refractivity contribution < 1.29 is 38.2 Å². The Morgan fingerprint density at radius 2 is 1.42 bits per heavy atom. The van der Waals surface area contributed by atoms with Crippen LogP contribution < -0.4 is 10.6 Å². The van der Waals surface area contributed by atoms with Gasteiger partial charge in [-0.2, -0.15) is 0 Å². The first kappa shape index (κ1) is 28.0. The molecule has 0 aliphatic heterocycles. The largest absolute Gasteiger partial charge is 0.462 e. The normalized spacial score (nSPS) is 10.2. The molecule has 0 saturated carbocycles. The minimum Gasteiger partial charge on any atom is -0.462 e. The van der Waals surface area contributed by atoms with Crippen molar-refractivity contribution in [3.8, 4) is 0 Å². The van der Waals surface area contributed by atoms with Gasteiger partial charge in [0.2, 0.25) is 5.91 Å². The number of carbonyl (C=O) groups excluding carboxylic acids is 5. The maximum absolute atomic E-state index is 12.2. The summed E-state index contributed by atoms with van der Waals surface area (Å²) in [4.78, 5) is 59.7. The molecule has 192 valence electrons. The molecule has 2 aromatic rings. The van der Waals surface area contributed by atoms with Crippen molar-refractivity contribution in [2.75, 3.05) is 30.5 Å². The molecule has 0 aliphatic rings. The summed E-state index contributed by atoms with van der Waals surface area (Å²) in [5.74, 6) is -2.68. The predicted molar refractivity (Wildman–Crippen MR) is 131 cm³/mol. The molecule has 0 saturated heterocycles. The molecular formula is C26H30N2O8. The molecule has 0 aliphatic carbocycles. The Morgan fingerprint density at radius 1 is 0.722 bits per heavy atom. The average Bonchev–Trinajstić information content (AvgIpc) is 2.87. The lowest BCUT2D eigenvalue weighted by Gasteiger charge is -2.09. The van der Waals surface area contributed by atoms with E-state index in [0.717, 1.165) is 12.8 Å². The topological polar surface area (TPSA) is 137 Å². The van der Waals surface area contributed by atoms with Crippen LogP contribution in [-0.2, 0) is 28.6 Å². The number of amides is 2. The second-order valence-electron chi connectivity index (χ2n) is 7.63. The van der Waals surface area contributed by atoms with Crippen molar-refractivity contribution in [2.45, 2.75) is 39.5 Å². The first-order valence-electron chi connectivity index (χ1n) is 11.6. The highest BCUT2D eigenvalue weighted by Gasteiger charge is 2.13. The highest BCUT2D eigenvalue weighted by molar-refractivity contribution is 5.96. The predicted octanol–water partition coefficient (Wildman–Crippen LogP) is 3.72. The Hall–Kier alpha value is -4.21. The minimum absolute atomic E-state index is 0.166. The summed E-state index contributed by atoms with van der Waals surface area (Å²) in [6.07, 6.45) is 1.28. The molecule has 0 spiro atoms. The molecule has 0 bridgehead atoms. The molecule has 10 nitrogen and oxygen atoms in total. The summed E-state index contributed by atoms with van der Waals surface area (Å²) in [5, 5.41) is 5.15. The van der Waals surface area contributed by atoms with Gasteiger partial charge in [-0.1, -0.05) is 19.4 Å². The van der Waals surface area contributed by atoms with Gasteiger partial charge in [0.25, 0.3) is 5.91 Å². The van der Waals surface area contributed by atoms with E-state index in [1.165, 1.54) is 30.3 Å². The summed E-state index contributed by atoms with van der Waals surface area (Å²) < 4.78 is 14.9. The molecule has 2 rings (SSSR count). The third-order valence-corrected chi connectivity index (χ3v) is 4.71. The van der Waals surface area contributed by atoms with E-state index in [4.69, 9.17) is 14.2 Å². The van der Waals surface area contributed by atoms with Crippen LogP contribution in [0.4, 0.5) is 11.4 Å². The van der Waals surface area contributed by atoms with Crippen LogP contribution in [0.15, 0.2) is 48.5 Å². The number of hydrogen-bond donors (Lipinski definition) is 2. The van der Waals surface area contributed by atoms with Gasteiger partial charge in [0.15, 0.2) is 6.61 Å². The fourth-order valence-corrected chi connectivity index (χ4v) is 2.87. The first-order valence-corrected chi connectivity index (χ1v) is 11.6. The molecule has 36 heavy (non-hydrogen) atoms. The van der Waals surface area contributed by atoms with E-state index in [2.05, 4.69) is 10.6 Å². The maximum Gasteiger partial charge on any atom is 0.338 e. The average molecular weight is 499 g/mol. The Kier molecular flexibility index (Phi) is 11.6. The van der Waals surface area contributed by atoms with E-state index in [-0.39, 0.29) is 19.4 Å². The van der Waals surface area contributed by atoms with Gasteiger partial charge in [0.1, 0.15) is 0 Å². The number of ether oxygens (including phenoxy) is 3. The number of unbranched alkanes of at least 4 members (excludes halogenated alkanes) is 1. The minimum atomic E-state index is -0.716. The van der Waals surface area contributed by atoms with Gasteiger partial charge in [0, 0.05) is 17.8 Å². The molecule has 2 amide bonds. The zero-order chi connectivity index (χ0) is 26.3. The lowest BCUT2D eigenvalue weighted by molar-refractivity contribution is -0.147. The van der Waals surface area contributed by atoms with Crippen LogP contribution >= 0.6 is 0 Å². The monoisotopic (exact) mass is 498 g/mol. The van der Waals surface area contributed by atoms with Crippen LogP contribution in [0.5, 0.6) is 0 Å². The van der Waals surface area contributed by atoms with E-state index in [9.17, 15) is 24.0 Å². The van der Waals surface area contributed by atoms with Crippen molar-refractivity contribution >= 4 is 41.1 Å². The Balaban J connectivity index is 1.71. The van der Waals surface area contributed by atoms with E-state index in [1.807, 2.05) is 6.92 Å². The molecule has 0 fully saturated rings. The summed E-state index contributed by atoms with van der Waals surface area (Å²) in [5.41, 5.74) is 1.47. The maximum atomic E-state index is 12.2. The smallest absolute Gasteiger partial charge is 0.338 e. The summed E-state index contributed by atoms with van der Waals surface area (Å²) in [7, 11) is 0. The zero-order valence-corrected chi connectivity index (χ0v) is 20.3. The Morgan fingerprint density at radius 3 is 2.11 bits per heavy atom. The van der Waals surface area contributed by atoms with Gasteiger partial charge in [-0.05, 0) is 55.8 Å². The number of rotatable bonds is 13. The SMILES string of the molecule is CCCCOC(=O)c1cccc(NC(=O)CCC(=O)OCC(=O)Nc2ccc(C(=O)OCC)cc2)c1. The van der Waals surface area contributed by atoms with Crippen molar-refractivity contribution in [3.63, 3.8) is 0 Å². The van der Waals surface area contributed by atoms with Crippen LogP contribution in [0.25, 0.3) is 0 Å². The molecule has 0 radical (unpaired) electrons. The number of nitrogens with one attached hydrogen (secondary N) is 2. The zero-order valence-electron chi connectivity index (χ0n) is 20.3. The van der Waals surface area contributed by atoms with Crippen LogP contribution in [0.1, 0.15) is 60.2 Å². The first-order chi connectivity index (χ1) is 17.3. The molecule has 0 heterocycles. The van der Waals surface area contributed by atoms with Crippen LogP contribution in [0.3, 0.4) is 0 Å². The Labute approximate surface area is 209 Å². The van der Waals surface area contributed by atoms with Gasteiger partial charge in [-0.15, -0.1) is 0 Å². The lowest BCUT2D eigenvalue weighted by Crippen LogP contribution is -2.22. The quantitative estimate of drug-likeness (QED) is 0.242. The standard InChI is InChI=1S/C26H30N2O8/c1-3-5-15-35-26(33)19-7-6-8-21(16-19)28-22(29)13-14-24(31)36-17-23(30)27-20-11-9-18(10-12-20)25(32)34-4-2/h6-12,16H,3-5,13-15,17H2,1-2H3,(H,27,30)(H,28,29). The highest BCUT2D eigenvalue weighted by atomic mass is 16.5. The van der Waals surface area contributed by atoms with E-state index < -0.39 is 36.3 Å². The second-order valence-corrected chi connectivity index (χ2v) is 7.63. The van der Waals surface area contributed by atoms with Gasteiger partial charge in [0.05, 0.1) is 30.8 Å². The van der Waals surface area contributed by atoms with Crippen LogP contribution in [0.2, 0.25) is 0 Å². The molecular weight excluding hydrogens is 468 g/mol. The highest BCUT2D eigenvalue weighted by Crippen LogP contribution is 2.13. The van der Waals surface area contributed by atoms with Gasteiger partial charge in [-0.25, -0.2) is 9.59 Å². The fraction of sp³-hybridized carbons (Fsp3) is 0.346. The van der Waals surface area contributed by atoms with Gasteiger partial charge < -0.3 is 24.8 Å². The van der Waals surface area contributed by atoms with Crippen molar-refractivity contribution in [2.24, 2.45) is 0 Å². The number of esters is 3. The third kappa shape index (κ3) is 9.96. The van der Waals surface area contributed by atoms with E-state index in [0.29, 0.717) is 29.1 Å². The third-order valence-electron chi connectivity index (χ3n) is 4.71. The lowest BCUT2D eigenvalue weighted by atomic mass is 10.2. The van der Waals surface area contributed by atoms with Crippen LogP contribution in [0, 0.1) is 0 Å². The number of carbonyl (C=O) groups is 5. The fourth-order valence-electron chi connectivity index (χ4n) is 2.87. The van der Waals surface area contributed by atoms with Crippen molar-refractivity contribution in [1.82, 2.24) is 0 Å². The molecule has 0 aromatic heterocycles. The molecule has 2 aromatic carbocycles. The van der Waals surface area contributed by atoms with E-state index >= 15 is 0 Å². The molecule has 0 atom stereocenters. The number of anilines is 2. The number of benzene rings is 2. The summed E-state index contributed by atoms with van der Waals surface area (Å²) >= 11 is 0. The van der Waals surface area contributed by atoms with Crippen molar-refractivity contribution in [3.05, 3.63) is 59.7 Å². The summed E-state index contributed by atoms with van der Waals surface area (Å²) in [6, 6.07) is 12.4. The molecule has 0 unspecified atom stereocenters. The summed E-state index contributed by atoms with van der Waals surface area (Å²) in [6.45, 7) is 3.75. The molecule has 2 N–H and O–H groups in total. The molecule has 10 heteroatoms. The Bertz CT molecular complexity index is 1070. The number of hydrogen-bond acceptors (Lipinski definition) is 8. The van der Waals surface area contributed by atoms with Crippen LogP contribution in [-0.4, -0.2) is 49.5 Å². The van der Waals surface area contributed by atoms with Crippen molar-refractivity contribution in [1.29, 1.82) is 0 Å². The second kappa shape index (κ2) is 14.9. The van der Waals surface area contributed by atoms with Gasteiger partial charge in [-0.3, -0.25) is 14.4 Å². The van der Waals surface area contributed by atoms with Gasteiger partial charge >= 0.3 is 17.9 Å². The van der Waals surface area contributed by atoms with E-state index in [1.54, 1.807) is 25.1 Å².